The molecule has 5 nitrogen and oxygen atoms in total. The molecule has 0 unspecified atom stereocenters. The molecule has 0 saturated carbocycles. The van der Waals surface area contributed by atoms with Gasteiger partial charge in [-0.15, -0.1) is 0 Å². The quantitative estimate of drug-likeness (QED) is 0.916. The minimum atomic E-state index is -0.244. The number of hydrogen-bond donors (Lipinski definition) is 1. The molecule has 0 bridgehead atoms. The van der Waals surface area contributed by atoms with E-state index in [0.29, 0.717) is 5.92 Å². The number of nitrogens with zero attached hydrogens (tertiary/aromatic N) is 3. The minimum Gasteiger partial charge on any atom is -0.335 e. The number of likely N-dealkylation sites (tertiary alicyclic amines) is 2. The van der Waals surface area contributed by atoms with Crippen LogP contribution in [0.4, 0.5) is 4.39 Å². The lowest BCUT2D eigenvalue weighted by molar-refractivity contribution is -0.134. The van der Waals surface area contributed by atoms with Gasteiger partial charge in [0.25, 0.3) is 0 Å². The molecule has 1 aromatic carbocycles. The molecule has 3 heterocycles. The average molecular weight is 356 g/mol. The van der Waals surface area contributed by atoms with Gasteiger partial charge in [-0.1, -0.05) is 12.1 Å². The van der Waals surface area contributed by atoms with E-state index >= 15 is 0 Å². The highest BCUT2D eigenvalue weighted by molar-refractivity contribution is 5.84. The van der Waals surface area contributed by atoms with E-state index < -0.39 is 0 Å². The number of halogens is 1. The molecule has 0 spiro atoms. The maximum Gasteiger partial charge on any atom is 0.240 e. The number of amides is 1. The molecule has 1 amide bonds. The molecule has 1 aromatic heterocycles. The summed E-state index contributed by atoms with van der Waals surface area (Å²) < 4.78 is 13.1. The Hall–Kier alpha value is -2.21. The lowest BCUT2D eigenvalue weighted by Crippen LogP contribution is -2.45. The molecule has 0 radical (unpaired) electrons. The van der Waals surface area contributed by atoms with Gasteiger partial charge in [0.2, 0.25) is 5.91 Å². The zero-order valence-corrected chi connectivity index (χ0v) is 15.1. The SMILES string of the molecule is C[C@H](c1ccc(F)cc1)N1CC[C@@H](N2CCC(c3ccn[nH]3)CC2)C1=O. The van der Waals surface area contributed by atoms with Crippen molar-refractivity contribution < 1.29 is 9.18 Å². The summed E-state index contributed by atoms with van der Waals surface area (Å²) in [5.74, 6) is 0.480. The maximum atomic E-state index is 13.1. The summed E-state index contributed by atoms with van der Waals surface area (Å²) in [7, 11) is 0. The van der Waals surface area contributed by atoms with Gasteiger partial charge in [-0.25, -0.2) is 4.39 Å². The van der Waals surface area contributed by atoms with Gasteiger partial charge in [-0.05, 0) is 63.0 Å². The van der Waals surface area contributed by atoms with E-state index in [9.17, 15) is 9.18 Å². The fourth-order valence-corrected chi connectivity index (χ4v) is 4.35. The topological polar surface area (TPSA) is 52.2 Å². The Morgan fingerprint density at radius 3 is 2.50 bits per heavy atom. The van der Waals surface area contributed by atoms with E-state index in [1.165, 1.54) is 17.8 Å². The molecule has 2 aliphatic rings. The Morgan fingerprint density at radius 2 is 1.85 bits per heavy atom. The van der Waals surface area contributed by atoms with Crippen LogP contribution < -0.4 is 0 Å². The standard InChI is InChI=1S/C20H25FN4O/c1-14(15-2-4-17(21)5-3-15)25-13-9-19(20(25)26)24-11-7-16(8-12-24)18-6-10-22-23-18/h2-6,10,14,16,19H,7-9,11-13H2,1H3,(H,22,23)/t14-,19-/m1/s1. The Morgan fingerprint density at radius 1 is 1.12 bits per heavy atom. The lowest BCUT2D eigenvalue weighted by atomic mass is 9.92. The third-order valence-corrected chi connectivity index (χ3v) is 5.96. The third-order valence-electron chi connectivity index (χ3n) is 5.96. The molecule has 2 aromatic rings. The van der Waals surface area contributed by atoms with Crippen LogP contribution in [0.2, 0.25) is 0 Å². The number of hydrogen-bond acceptors (Lipinski definition) is 3. The van der Waals surface area contributed by atoms with Crippen molar-refractivity contribution in [2.45, 2.75) is 44.2 Å². The normalized spacial score (nSPS) is 23.5. The Bertz CT molecular complexity index is 738. The first-order chi connectivity index (χ1) is 12.6. The molecule has 2 fully saturated rings. The molecule has 2 aliphatic heterocycles. The Kier molecular flexibility index (Phi) is 4.76. The fourth-order valence-electron chi connectivity index (χ4n) is 4.35. The monoisotopic (exact) mass is 356 g/mol. The molecular formula is C20H25FN4O. The van der Waals surface area contributed by atoms with Gasteiger partial charge in [-0.3, -0.25) is 14.8 Å². The molecule has 1 N–H and O–H groups in total. The highest BCUT2D eigenvalue weighted by Crippen LogP contribution is 2.32. The number of carbonyl (C=O) groups excluding carboxylic acids is 1. The molecule has 2 atom stereocenters. The molecule has 26 heavy (non-hydrogen) atoms. The second-order valence-electron chi connectivity index (χ2n) is 7.39. The van der Waals surface area contributed by atoms with Crippen molar-refractivity contribution >= 4 is 5.91 Å². The Balaban J connectivity index is 1.37. The minimum absolute atomic E-state index is 0.0133. The fraction of sp³-hybridized carbons (Fsp3) is 0.500. The van der Waals surface area contributed by atoms with Gasteiger partial charge >= 0.3 is 0 Å². The summed E-state index contributed by atoms with van der Waals surface area (Å²) in [5, 5.41) is 7.12. The first-order valence-corrected chi connectivity index (χ1v) is 9.43. The number of carbonyl (C=O) groups is 1. The van der Waals surface area contributed by atoms with Crippen LogP contribution in [-0.4, -0.2) is 51.6 Å². The molecular weight excluding hydrogens is 331 g/mol. The number of rotatable bonds is 4. The van der Waals surface area contributed by atoms with Gasteiger partial charge < -0.3 is 4.90 Å². The predicted molar refractivity (Wildman–Crippen MR) is 97.1 cm³/mol. The van der Waals surface area contributed by atoms with Crippen LogP contribution in [0.1, 0.15) is 49.4 Å². The van der Waals surface area contributed by atoms with Crippen molar-refractivity contribution in [3.8, 4) is 0 Å². The zero-order valence-electron chi connectivity index (χ0n) is 15.1. The second-order valence-corrected chi connectivity index (χ2v) is 7.39. The van der Waals surface area contributed by atoms with E-state index in [2.05, 4.69) is 15.1 Å². The smallest absolute Gasteiger partial charge is 0.240 e. The van der Waals surface area contributed by atoms with Crippen LogP contribution in [0.3, 0.4) is 0 Å². The molecule has 0 aliphatic carbocycles. The predicted octanol–water partition coefficient (Wildman–Crippen LogP) is 3.09. The van der Waals surface area contributed by atoms with Gasteiger partial charge in [0.1, 0.15) is 5.82 Å². The molecule has 4 rings (SSSR count). The van der Waals surface area contributed by atoms with Crippen LogP contribution in [0.25, 0.3) is 0 Å². The first-order valence-electron chi connectivity index (χ1n) is 9.43. The number of piperidine rings is 1. The summed E-state index contributed by atoms with van der Waals surface area (Å²) in [6, 6.07) is 8.49. The van der Waals surface area contributed by atoms with Crippen LogP contribution in [-0.2, 0) is 4.79 Å². The van der Waals surface area contributed by atoms with Crippen molar-refractivity contribution in [3.05, 3.63) is 53.6 Å². The summed E-state index contributed by atoms with van der Waals surface area (Å²) in [4.78, 5) is 17.3. The van der Waals surface area contributed by atoms with Crippen molar-refractivity contribution in [3.63, 3.8) is 0 Å². The summed E-state index contributed by atoms with van der Waals surface area (Å²) in [5.41, 5.74) is 2.19. The van der Waals surface area contributed by atoms with E-state index in [4.69, 9.17) is 0 Å². The van der Waals surface area contributed by atoms with E-state index in [-0.39, 0.29) is 23.8 Å². The van der Waals surface area contributed by atoms with Gasteiger partial charge in [0, 0.05) is 24.4 Å². The maximum absolute atomic E-state index is 13.1. The lowest BCUT2D eigenvalue weighted by Gasteiger charge is -2.35. The Labute approximate surface area is 153 Å². The van der Waals surface area contributed by atoms with Gasteiger partial charge in [0.15, 0.2) is 0 Å². The summed E-state index contributed by atoms with van der Waals surface area (Å²) >= 11 is 0. The number of aromatic amines is 1. The van der Waals surface area contributed by atoms with Crippen molar-refractivity contribution in [2.75, 3.05) is 19.6 Å². The van der Waals surface area contributed by atoms with Gasteiger partial charge in [0.05, 0.1) is 12.1 Å². The van der Waals surface area contributed by atoms with E-state index in [0.717, 1.165) is 44.5 Å². The van der Waals surface area contributed by atoms with Crippen LogP contribution in [0, 0.1) is 5.82 Å². The van der Waals surface area contributed by atoms with Crippen LogP contribution in [0.15, 0.2) is 36.5 Å². The molecule has 6 heteroatoms. The van der Waals surface area contributed by atoms with Crippen molar-refractivity contribution in [2.24, 2.45) is 0 Å². The van der Waals surface area contributed by atoms with E-state index in [1.54, 1.807) is 18.3 Å². The number of aromatic nitrogens is 2. The van der Waals surface area contributed by atoms with Crippen LogP contribution >= 0.6 is 0 Å². The number of benzene rings is 1. The number of H-pyrrole nitrogens is 1. The first kappa shape index (κ1) is 17.2. The second kappa shape index (κ2) is 7.19. The van der Waals surface area contributed by atoms with Crippen molar-refractivity contribution in [1.29, 1.82) is 0 Å². The molecule has 2 saturated heterocycles. The summed E-state index contributed by atoms with van der Waals surface area (Å²) in [6.45, 7) is 4.68. The largest absolute Gasteiger partial charge is 0.335 e. The summed E-state index contributed by atoms with van der Waals surface area (Å²) in [6.07, 6.45) is 4.79. The van der Waals surface area contributed by atoms with Gasteiger partial charge in [-0.2, -0.15) is 5.10 Å². The molecule has 138 valence electrons. The van der Waals surface area contributed by atoms with Crippen molar-refractivity contribution in [1.82, 2.24) is 20.0 Å². The highest BCUT2D eigenvalue weighted by Gasteiger charge is 2.39. The zero-order chi connectivity index (χ0) is 18.1. The van der Waals surface area contributed by atoms with Crippen LogP contribution in [0.5, 0.6) is 0 Å². The van der Waals surface area contributed by atoms with E-state index in [1.807, 2.05) is 17.9 Å². The number of nitrogens with one attached hydrogen (secondary N) is 1. The highest BCUT2D eigenvalue weighted by atomic mass is 19.1. The average Bonchev–Trinajstić information content (AvgIpc) is 3.32. The third kappa shape index (κ3) is 3.26.